The summed E-state index contributed by atoms with van der Waals surface area (Å²) < 4.78 is 7.49. The first-order valence-corrected chi connectivity index (χ1v) is 22.7. The lowest BCUT2D eigenvalue weighted by Gasteiger charge is -2.18. The highest BCUT2D eigenvalue weighted by Crippen LogP contribution is 2.50. The van der Waals surface area contributed by atoms with Crippen LogP contribution < -0.4 is 0 Å². The van der Waals surface area contributed by atoms with Gasteiger partial charge in [-0.25, -0.2) is 9.97 Å². The van der Waals surface area contributed by atoms with Crippen molar-refractivity contribution in [1.29, 1.82) is 0 Å². The van der Waals surface area contributed by atoms with E-state index in [9.17, 15) is 0 Å². The van der Waals surface area contributed by atoms with Crippen LogP contribution in [0.4, 0.5) is 0 Å². The van der Waals surface area contributed by atoms with E-state index in [2.05, 4.69) is 216 Å². The smallest absolute Gasteiger partial charge is 0.162 e. The molecule has 5 heteroatoms. The third kappa shape index (κ3) is 4.93. The van der Waals surface area contributed by atoms with Gasteiger partial charge in [-0.2, -0.15) is 0 Å². The fraction of sp³-hybridized carbons (Fsp3) is 0.0169. The highest BCUT2D eigenvalue weighted by atomic mass is 32.1. The van der Waals surface area contributed by atoms with Crippen LogP contribution >= 0.6 is 11.3 Å². The lowest BCUT2D eigenvalue weighted by molar-refractivity contribution is 1.02. The molecule has 0 fully saturated rings. The van der Waals surface area contributed by atoms with Crippen molar-refractivity contribution < 1.29 is 0 Å². The van der Waals surface area contributed by atoms with E-state index < -0.39 is 0 Å². The van der Waals surface area contributed by atoms with Crippen LogP contribution in [0.25, 0.3) is 131 Å². The van der Waals surface area contributed by atoms with Crippen LogP contribution in [0, 0.1) is 6.92 Å². The monoisotopic (exact) mass is 832 g/mol. The van der Waals surface area contributed by atoms with Crippen LogP contribution in [0.2, 0.25) is 0 Å². The Morgan fingerprint density at radius 1 is 0.391 bits per heavy atom. The Balaban J connectivity index is 1.14. The standard InChI is InChI=1S/C59H36N4S/c1-35-54(37-18-6-3-7-19-37)60-58(47-25-15-29-52-53(47)46-22-10-13-28-51(46)64-52)61-59(35)63-50-27-12-8-20-40(50)44-32-33-45-43-24-14-23-42-39-31-30-38(36-16-4-2-5-17-36)34-48(39)41-21-9-11-26-49(41)62(55(42)43)56(45)57(44)63/h2-34H,1H3. The van der Waals surface area contributed by atoms with Gasteiger partial charge < -0.3 is 4.57 Å². The molecule has 0 amide bonds. The molecule has 0 saturated heterocycles. The number of hydrogen-bond donors (Lipinski definition) is 0. The maximum Gasteiger partial charge on any atom is 0.162 e. The normalized spacial score (nSPS) is 12.1. The molecule has 0 aliphatic carbocycles. The summed E-state index contributed by atoms with van der Waals surface area (Å²) in [4.78, 5) is 11.2. The minimum absolute atomic E-state index is 0.711. The average molecular weight is 833 g/mol. The van der Waals surface area contributed by atoms with Gasteiger partial charge in [-0.15, -0.1) is 11.3 Å². The number of aromatic nitrogens is 4. The summed E-state index contributed by atoms with van der Waals surface area (Å²) >= 11 is 1.82. The quantitative estimate of drug-likeness (QED) is 0.177. The number of nitrogens with zero attached hydrogens (tertiary/aromatic N) is 4. The molecule has 0 unspecified atom stereocenters. The first-order valence-electron chi connectivity index (χ1n) is 21.8. The molecule has 64 heavy (non-hydrogen) atoms. The summed E-state index contributed by atoms with van der Waals surface area (Å²) in [6.45, 7) is 2.20. The van der Waals surface area contributed by atoms with E-state index in [4.69, 9.17) is 9.97 Å². The summed E-state index contributed by atoms with van der Waals surface area (Å²) in [7, 11) is 0. The molecule has 13 aromatic rings. The molecule has 0 saturated carbocycles. The van der Waals surface area contributed by atoms with Crippen molar-refractivity contribution in [1.82, 2.24) is 19.1 Å². The highest BCUT2D eigenvalue weighted by Gasteiger charge is 2.29. The number of hydrogen-bond acceptors (Lipinski definition) is 3. The zero-order chi connectivity index (χ0) is 42.0. The molecule has 14 rings (SSSR count). The van der Waals surface area contributed by atoms with Gasteiger partial charge in [0, 0.05) is 69.5 Å². The van der Waals surface area contributed by atoms with Crippen molar-refractivity contribution in [3.63, 3.8) is 0 Å². The van der Waals surface area contributed by atoms with Gasteiger partial charge in [0.25, 0.3) is 0 Å². The molecule has 1 aliphatic rings. The molecule has 9 aromatic carbocycles. The van der Waals surface area contributed by atoms with Crippen molar-refractivity contribution in [2.45, 2.75) is 6.92 Å². The molecule has 0 spiro atoms. The Kier molecular flexibility index (Phi) is 7.45. The lowest BCUT2D eigenvalue weighted by atomic mass is 9.90. The first kappa shape index (κ1) is 35.5. The Hall–Kier alpha value is -8.12. The summed E-state index contributed by atoms with van der Waals surface area (Å²) in [5.74, 6) is 1.58. The van der Waals surface area contributed by atoms with Gasteiger partial charge in [0.15, 0.2) is 5.82 Å². The van der Waals surface area contributed by atoms with Gasteiger partial charge in [0.05, 0.1) is 33.4 Å². The van der Waals surface area contributed by atoms with E-state index in [0.29, 0.717) is 5.82 Å². The third-order valence-corrected chi connectivity index (χ3v) is 14.6. The largest absolute Gasteiger partial charge is 0.306 e. The topological polar surface area (TPSA) is 35.6 Å². The lowest BCUT2D eigenvalue weighted by Crippen LogP contribution is -2.07. The molecule has 1 aliphatic heterocycles. The van der Waals surface area contributed by atoms with E-state index in [1.54, 1.807) is 0 Å². The van der Waals surface area contributed by atoms with Crippen molar-refractivity contribution in [2.75, 3.05) is 0 Å². The van der Waals surface area contributed by atoms with E-state index in [0.717, 1.165) is 50.4 Å². The van der Waals surface area contributed by atoms with Gasteiger partial charge in [-0.05, 0) is 59.5 Å². The van der Waals surface area contributed by atoms with Crippen molar-refractivity contribution in [2.24, 2.45) is 0 Å². The number of thiophene rings is 1. The Bertz CT molecular complexity index is 4080. The average Bonchev–Trinajstić information content (AvgIpc) is 4.00. The maximum absolute atomic E-state index is 5.74. The van der Waals surface area contributed by atoms with Crippen LogP contribution in [-0.2, 0) is 0 Å². The highest BCUT2D eigenvalue weighted by molar-refractivity contribution is 7.25. The molecule has 4 aromatic heterocycles. The number of para-hydroxylation sites is 3. The van der Waals surface area contributed by atoms with Gasteiger partial charge >= 0.3 is 0 Å². The van der Waals surface area contributed by atoms with Crippen LogP contribution in [0.1, 0.15) is 5.56 Å². The zero-order valence-corrected chi connectivity index (χ0v) is 35.6. The Morgan fingerprint density at radius 3 is 1.88 bits per heavy atom. The number of benzene rings is 9. The van der Waals surface area contributed by atoms with Crippen LogP contribution in [0.3, 0.4) is 0 Å². The van der Waals surface area contributed by atoms with E-state index in [1.165, 1.54) is 80.6 Å². The van der Waals surface area contributed by atoms with E-state index in [-0.39, 0.29) is 0 Å². The summed E-state index contributed by atoms with van der Waals surface area (Å²) in [5, 5.41) is 7.21. The number of fused-ring (bicyclic) bond motifs is 15. The van der Waals surface area contributed by atoms with Crippen LogP contribution in [0.5, 0.6) is 0 Å². The van der Waals surface area contributed by atoms with E-state index >= 15 is 0 Å². The molecule has 4 nitrogen and oxygen atoms in total. The second-order valence-corrected chi connectivity index (χ2v) is 18.0. The molecule has 5 heterocycles. The summed E-state index contributed by atoms with van der Waals surface area (Å²) in [6, 6.07) is 72.9. The Labute approximate surface area is 372 Å². The third-order valence-electron chi connectivity index (χ3n) is 13.5. The molecule has 0 radical (unpaired) electrons. The molecule has 0 atom stereocenters. The minimum atomic E-state index is 0.711. The van der Waals surface area contributed by atoms with Gasteiger partial charge in [0.1, 0.15) is 5.82 Å². The second kappa shape index (κ2) is 13.4. The van der Waals surface area contributed by atoms with Crippen LogP contribution in [-0.4, -0.2) is 19.1 Å². The molecular formula is C59H36N4S. The van der Waals surface area contributed by atoms with Gasteiger partial charge in [-0.1, -0.05) is 170 Å². The van der Waals surface area contributed by atoms with Crippen molar-refractivity contribution in [3.8, 4) is 67.5 Å². The minimum Gasteiger partial charge on any atom is -0.306 e. The molecule has 298 valence electrons. The molecule has 0 bridgehead atoms. The van der Waals surface area contributed by atoms with E-state index in [1.807, 2.05) is 11.3 Å². The van der Waals surface area contributed by atoms with Gasteiger partial charge in [-0.3, -0.25) is 4.57 Å². The van der Waals surface area contributed by atoms with Crippen LogP contribution in [0.15, 0.2) is 200 Å². The predicted molar refractivity (Wildman–Crippen MR) is 269 cm³/mol. The molecule has 0 N–H and O–H groups in total. The summed E-state index contributed by atoms with van der Waals surface area (Å²) in [6.07, 6.45) is 0. The first-order chi connectivity index (χ1) is 31.7. The summed E-state index contributed by atoms with van der Waals surface area (Å²) in [5.41, 5.74) is 17.1. The zero-order valence-electron chi connectivity index (χ0n) is 34.7. The fourth-order valence-electron chi connectivity index (χ4n) is 10.7. The Morgan fingerprint density at radius 2 is 1.02 bits per heavy atom. The SMILES string of the molecule is Cc1c(-c2ccccc2)nc(-c2cccc3sc4ccccc4c23)nc1-n1c2ccccc2c2ccc3c4cccc5c4n(c3c21)-c1ccccc1-c1cc(-c2ccccc2)ccc1-5. The second-order valence-electron chi connectivity index (χ2n) is 16.9. The van der Waals surface area contributed by atoms with Crippen molar-refractivity contribution >= 4 is 75.1 Å². The number of rotatable bonds is 4. The van der Waals surface area contributed by atoms with Crippen molar-refractivity contribution in [3.05, 3.63) is 206 Å². The predicted octanol–water partition coefficient (Wildman–Crippen LogP) is 16.0. The fourth-order valence-corrected chi connectivity index (χ4v) is 11.8. The maximum atomic E-state index is 5.74. The van der Waals surface area contributed by atoms with Gasteiger partial charge in [0.2, 0.25) is 0 Å². The molecular weight excluding hydrogens is 797 g/mol.